The van der Waals surface area contributed by atoms with Crippen LogP contribution in [0.2, 0.25) is 0 Å². The fourth-order valence-corrected chi connectivity index (χ4v) is 3.16. The minimum Gasteiger partial charge on any atom is -0.342 e. The molecule has 3 atom stereocenters. The molecule has 2 fully saturated rings. The lowest BCUT2D eigenvalue weighted by atomic mass is 10.1. The van der Waals surface area contributed by atoms with E-state index in [0.717, 1.165) is 12.8 Å². The van der Waals surface area contributed by atoms with E-state index in [1.54, 1.807) is 16.8 Å². The van der Waals surface area contributed by atoms with Crippen LogP contribution < -0.4 is 16.4 Å². The molecule has 8 heteroatoms. The van der Waals surface area contributed by atoms with Crippen molar-refractivity contribution in [1.82, 2.24) is 20.4 Å². The van der Waals surface area contributed by atoms with E-state index < -0.39 is 12.2 Å². The summed E-state index contributed by atoms with van der Waals surface area (Å²) in [5.74, 6) is -0.518. The van der Waals surface area contributed by atoms with Crippen molar-refractivity contribution in [3.05, 3.63) is 0 Å². The van der Waals surface area contributed by atoms with Gasteiger partial charge in [0.25, 0.3) is 5.91 Å². The van der Waals surface area contributed by atoms with Gasteiger partial charge in [-0.2, -0.15) is 0 Å². The maximum atomic E-state index is 12.7. The number of carbonyl (C=O) groups is 3. The van der Waals surface area contributed by atoms with Crippen LogP contribution in [0.15, 0.2) is 0 Å². The second-order valence-corrected chi connectivity index (χ2v) is 5.84. The van der Waals surface area contributed by atoms with Gasteiger partial charge >= 0.3 is 0 Å². The van der Waals surface area contributed by atoms with Gasteiger partial charge < -0.3 is 20.9 Å². The van der Waals surface area contributed by atoms with Crippen LogP contribution in [0.3, 0.4) is 0 Å². The first-order chi connectivity index (χ1) is 10.5. The maximum Gasteiger partial charge on any atom is 0.252 e. The monoisotopic (exact) mass is 311 g/mol. The average molecular weight is 311 g/mol. The lowest BCUT2D eigenvalue weighted by Gasteiger charge is -2.39. The number of nitrogens with zero attached hydrogens (tertiary/aromatic N) is 2. The zero-order valence-electron chi connectivity index (χ0n) is 13.2. The van der Waals surface area contributed by atoms with Gasteiger partial charge in [-0.3, -0.25) is 19.7 Å². The molecule has 2 aliphatic heterocycles. The number of hydrogen-bond acceptors (Lipinski definition) is 5. The zero-order chi connectivity index (χ0) is 16.3. The summed E-state index contributed by atoms with van der Waals surface area (Å²) in [5.41, 5.74) is 5.62. The Morgan fingerprint density at radius 2 is 1.95 bits per heavy atom. The van der Waals surface area contributed by atoms with Gasteiger partial charge in [0.15, 0.2) is 0 Å². The van der Waals surface area contributed by atoms with E-state index in [0.29, 0.717) is 25.9 Å². The van der Waals surface area contributed by atoms with Crippen molar-refractivity contribution in [2.75, 3.05) is 20.1 Å². The van der Waals surface area contributed by atoms with Crippen molar-refractivity contribution in [3.63, 3.8) is 0 Å². The Kier molecular flexibility index (Phi) is 5.36. The molecule has 3 amide bonds. The number of rotatable bonds is 3. The summed E-state index contributed by atoms with van der Waals surface area (Å²) >= 11 is 0. The van der Waals surface area contributed by atoms with Crippen molar-refractivity contribution >= 4 is 17.7 Å². The van der Waals surface area contributed by atoms with Crippen LogP contribution in [0.25, 0.3) is 0 Å². The topological polar surface area (TPSA) is 108 Å². The van der Waals surface area contributed by atoms with Crippen molar-refractivity contribution in [2.45, 2.75) is 51.0 Å². The Morgan fingerprint density at radius 3 is 2.59 bits per heavy atom. The predicted molar refractivity (Wildman–Crippen MR) is 80.3 cm³/mol. The predicted octanol–water partition coefficient (Wildman–Crippen LogP) is -1.43. The molecule has 8 nitrogen and oxygen atoms in total. The van der Waals surface area contributed by atoms with E-state index >= 15 is 0 Å². The molecule has 0 saturated carbocycles. The lowest BCUT2D eigenvalue weighted by Crippen LogP contribution is -2.59. The first-order valence-electron chi connectivity index (χ1n) is 7.76. The Bertz CT molecular complexity index is 456. The van der Waals surface area contributed by atoms with E-state index in [1.807, 2.05) is 0 Å². The SMILES string of the molecule is CNC(N)C(=O)NC1CCCN(C(C)=O)C2CCCN2C1=O. The van der Waals surface area contributed by atoms with Crippen LogP contribution in [0.1, 0.15) is 32.6 Å². The van der Waals surface area contributed by atoms with Crippen LogP contribution in [-0.4, -0.2) is 66.0 Å². The van der Waals surface area contributed by atoms with Gasteiger partial charge in [0.1, 0.15) is 18.4 Å². The van der Waals surface area contributed by atoms with Crippen LogP contribution in [0.5, 0.6) is 0 Å². The standard InChI is InChI=1S/C14H25N5O3/c1-9(20)18-7-3-5-10(17-13(21)12(15)16-2)14(22)19-8-4-6-11(18)19/h10-12,16H,3-8,15H2,1-2H3,(H,17,21). The summed E-state index contributed by atoms with van der Waals surface area (Å²) in [4.78, 5) is 39.9. The summed E-state index contributed by atoms with van der Waals surface area (Å²) in [6, 6.07) is -0.568. The number of nitrogens with one attached hydrogen (secondary N) is 2. The number of hydrogen-bond donors (Lipinski definition) is 3. The molecule has 0 bridgehead atoms. The van der Waals surface area contributed by atoms with Crippen LogP contribution in [-0.2, 0) is 14.4 Å². The van der Waals surface area contributed by atoms with Gasteiger partial charge in [0, 0.05) is 20.0 Å². The third-order valence-corrected chi connectivity index (χ3v) is 4.37. The Balaban J connectivity index is 2.11. The fraction of sp³-hybridized carbons (Fsp3) is 0.786. The zero-order valence-corrected chi connectivity index (χ0v) is 13.2. The van der Waals surface area contributed by atoms with Crippen molar-refractivity contribution in [2.24, 2.45) is 5.73 Å². The minimum atomic E-state index is -0.832. The molecule has 0 aromatic carbocycles. The third kappa shape index (κ3) is 3.38. The smallest absolute Gasteiger partial charge is 0.252 e. The Hall–Kier alpha value is -1.67. The fourth-order valence-electron chi connectivity index (χ4n) is 3.16. The molecule has 2 aliphatic rings. The summed E-state index contributed by atoms with van der Waals surface area (Å²) in [5, 5.41) is 5.38. The van der Waals surface area contributed by atoms with Crippen LogP contribution in [0, 0.1) is 0 Å². The molecule has 2 heterocycles. The molecule has 0 aliphatic carbocycles. The molecule has 3 unspecified atom stereocenters. The molecular weight excluding hydrogens is 286 g/mol. The van der Waals surface area contributed by atoms with Gasteiger partial charge in [-0.25, -0.2) is 0 Å². The summed E-state index contributed by atoms with van der Waals surface area (Å²) in [7, 11) is 1.59. The molecular formula is C14H25N5O3. The second-order valence-electron chi connectivity index (χ2n) is 5.84. The number of carbonyl (C=O) groups excluding carboxylic acids is 3. The van der Waals surface area contributed by atoms with Crippen molar-refractivity contribution in [3.8, 4) is 0 Å². The highest BCUT2D eigenvalue weighted by Crippen LogP contribution is 2.25. The van der Waals surface area contributed by atoms with E-state index in [4.69, 9.17) is 5.73 Å². The Morgan fingerprint density at radius 1 is 1.27 bits per heavy atom. The molecule has 22 heavy (non-hydrogen) atoms. The molecule has 0 spiro atoms. The van der Waals surface area contributed by atoms with Crippen LogP contribution >= 0.6 is 0 Å². The summed E-state index contributed by atoms with van der Waals surface area (Å²) in [6.45, 7) is 2.76. The molecule has 124 valence electrons. The third-order valence-electron chi connectivity index (χ3n) is 4.37. The number of fused-ring (bicyclic) bond motifs is 1. The lowest BCUT2D eigenvalue weighted by molar-refractivity contribution is -0.147. The highest BCUT2D eigenvalue weighted by Gasteiger charge is 2.39. The summed E-state index contributed by atoms with van der Waals surface area (Å²) < 4.78 is 0. The first kappa shape index (κ1) is 16.7. The molecule has 0 radical (unpaired) electrons. The number of amides is 3. The Labute approximate surface area is 130 Å². The highest BCUT2D eigenvalue weighted by atomic mass is 16.2. The van der Waals surface area contributed by atoms with E-state index in [1.165, 1.54) is 6.92 Å². The van der Waals surface area contributed by atoms with Crippen molar-refractivity contribution < 1.29 is 14.4 Å². The molecule has 0 aromatic rings. The van der Waals surface area contributed by atoms with E-state index in [2.05, 4.69) is 10.6 Å². The van der Waals surface area contributed by atoms with Gasteiger partial charge in [-0.15, -0.1) is 0 Å². The molecule has 0 aromatic heterocycles. The quantitative estimate of drug-likeness (QED) is 0.554. The average Bonchev–Trinajstić information content (AvgIpc) is 2.95. The largest absolute Gasteiger partial charge is 0.342 e. The van der Waals surface area contributed by atoms with Gasteiger partial charge in [0.05, 0.1) is 0 Å². The maximum absolute atomic E-state index is 12.7. The van der Waals surface area contributed by atoms with E-state index in [9.17, 15) is 14.4 Å². The summed E-state index contributed by atoms with van der Waals surface area (Å²) in [6.07, 6.45) is 1.84. The molecule has 2 saturated heterocycles. The van der Waals surface area contributed by atoms with Gasteiger partial charge in [-0.05, 0) is 32.7 Å². The first-order valence-corrected chi connectivity index (χ1v) is 7.76. The van der Waals surface area contributed by atoms with Crippen LogP contribution in [0.4, 0.5) is 0 Å². The second kappa shape index (κ2) is 7.06. The van der Waals surface area contributed by atoms with Crippen molar-refractivity contribution in [1.29, 1.82) is 0 Å². The van der Waals surface area contributed by atoms with Gasteiger partial charge in [0.2, 0.25) is 11.8 Å². The van der Waals surface area contributed by atoms with E-state index in [-0.39, 0.29) is 23.9 Å². The highest BCUT2D eigenvalue weighted by molar-refractivity contribution is 5.90. The van der Waals surface area contributed by atoms with Gasteiger partial charge in [-0.1, -0.05) is 0 Å². The molecule has 4 N–H and O–H groups in total. The normalized spacial score (nSPS) is 27.0. The minimum absolute atomic E-state index is 0.00982. The molecule has 2 rings (SSSR count). The number of likely N-dealkylation sites (N-methyl/N-ethyl adjacent to an activating group) is 1. The number of nitrogens with two attached hydrogens (primary N) is 1.